The van der Waals surface area contributed by atoms with Crippen molar-refractivity contribution >= 4 is 5.91 Å². The Morgan fingerprint density at radius 1 is 1.39 bits per heavy atom. The van der Waals surface area contributed by atoms with Crippen LogP contribution in [0.3, 0.4) is 0 Å². The number of nitrogens with zero attached hydrogens (tertiary/aromatic N) is 1. The average Bonchev–Trinajstić information content (AvgIpc) is 2.79. The lowest BCUT2D eigenvalue weighted by molar-refractivity contribution is -0.129. The number of rotatable bonds is 3. The highest BCUT2D eigenvalue weighted by Crippen LogP contribution is 2.28. The maximum Gasteiger partial charge on any atom is 0.220 e. The summed E-state index contributed by atoms with van der Waals surface area (Å²) in [5.74, 6) is 0.618. The molecule has 3 nitrogen and oxygen atoms in total. The van der Waals surface area contributed by atoms with Gasteiger partial charge < -0.3 is 10.6 Å². The van der Waals surface area contributed by atoms with Crippen LogP contribution in [0.1, 0.15) is 49.9 Å². The number of carbonyl (C=O) groups excluding carboxylic acids is 1. The van der Waals surface area contributed by atoms with Gasteiger partial charge >= 0.3 is 0 Å². The van der Waals surface area contributed by atoms with E-state index in [4.69, 9.17) is 5.73 Å². The van der Waals surface area contributed by atoms with Crippen molar-refractivity contribution in [2.45, 2.75) is 46.3 Å². The molecule has 0 aromatic heterocycles. The summed E-state index contributed by atoms with van der Waals surface area (Å²) in [5.41, 5.74) is 9.95. The van der Waals surface area contributed by atoms with Gasteiger partial charge in [0.2, 0.25) is 5.91 Å². The van der Waals surface area contributed by atoms with Gasteiger partial charge in [-0.25, -0.2) is 0 Å². The Kier molecular flexibility index (Phi) is 3.71. The molecule has 1 amide bonds. The quantitative estimate of drug-likeness (QED) is 0.891. The van der Waals surface area contributed by atoms with Crippen molar-refractivity contribution in [2.75, 3.05) is 0 Å². The summed E-state index contributed by atoms with van der Waals surface area (Å²) in [6.07, 6.45) is 1.08. The summed E-state index contributed by atoms with van der Waals surface area (Å²) in [5, 5.41) is 0. The van der Waals surface area contributed by atoms with Crippen LogP contribution in [-0.2, 0) is 17.9 Å². The molecular weight excluding hydrogens is 224 g/mol. The molecule has 1 aromatic rings. The van der Waals surface area contributed by atoms with Crippen molar-refractivity contribution in [3.8, 4) is 0 Å². The lowest BCUT2D eigenvalue weighted by atomic mass is 9.91. The molecule has 1 aliphatic rings. The van der Waals surface area contributed by atoms with E-state index in [1.54, 1.807) is 6.92 Å². The smallest absolute Gasteiger partial charge is 0.220 e. The molecule has 0 aliphatic carbocycles. The largest absolute Gasteiger partial charge is 0.334 e. The molecule has 1 heterocycles. The summed E-state index contributed by atoms with van der Waals surface area (Å²) >= 11 is 0. The van der Waals surface area contributed by atoms with E-state index in [2.05, 4.69) is 32.0 Å². The topological polar surface area (TPSA) is 46.3 Å². The molecular formula is C15H22N2O. The highest BCUT2D eigenvalue weighted by molar-refractivity contribution is 5.74. The number of nitrogens with two attached hydrogens (primary N) is 1. The first kappa shape index (κ1) is 13.1. The molecule has 0 spiro atoms. The Bertz CT molecular complexity index is 456. The first-order valence-electron chi connectivity index (χ1n) is 6.65. The second kappa shape index (κ2) is 5.11. The summed E-state index contributed by atoms with van der Waals surface area (Å²) in [4.78, 5) is 13.3. The normalized spacial score (nSPS) is 17.4. The van der Waals surface area contributed by atoms with Crippen molar-refractivity contribution in [1.82, 2.24) is 4.90 Å². The zero-order valence-corrected chi connectivity index (χ0v) is 11.4. The number of hydrogen-bond acceptors (Lipinski definition) is 2. The summed E-state index contributed by atoms with van der Waals surface area (Å²) in [6.45, 7) is 7.43. The molecule has 2 atom stereocenters. The van der Waals surface area contributed by atoms with Crippen molar-refractivity contribution in [3.05, 3.63) is 34.9 Å². The Morgan fingerprint density at radius 2 is 2.06 bits per heavy atom. The molecule has 18 heavy (non-hydrogen) atoms. The van der Waals surface area contributed by atoms with Crippen LogP contribution in [0.5, 0.6) is 0 Å². The lowest BCUT2D eigenvalue weighted by Gasteiger charge is -2.19. The highest BCUT2D eigenvalue weighted by Gasteiger charge is 2.22. The van der Waals surface area contributed by atoms with Crippen molar-refractivity contribution in [1.29, 1.82) is 0 Å². The van der Waals surface area contributed by atoms with Crippen LogP contribution < -0.4 is 5.73 Å². The molecule has 2 N–H and O–H groups in total. The Balaban J connectivity index is 2.20. The van der Waals surface area contributed by atoms with Gasteiger partial charge in [-0.3, -0.25) is 4.79 Å². The number of fused-ring (bicyclic) bond motifs is 1. The van der Waals surface area contributed by atoms with Crippen LogP contribution in [0.25, 0.3) is 0 Å². The standard InChI is InChI=1S/C15H22N2O/c1-4-10(2)15(16)12-5-6-13-8-17(11(3)18)9-14(13)7-12/h5-7,10,15H,4,8-9,16H2,1-3H3. The molecule has 1 aromatic carbocycles. The van der Waals surface area contributed by atoms with Gasteiger partial charge in [0.05, 0.1) is 0 Å². The number of carbonyl (C=O) groups is 1. The van der Waals surface area contributed by atoms with E-state index in [0.717, 1.165) is 19.5 Å². The fourth-order valence-electron chi connectivity index (χ4n) is 2.43. The summed E-state index contributed by atoms with van der Waals surface area (Å²) in [6, 6.07) is 6.50. The third-order valence-electron chi connectivity index (χ3n) is 4.04. The van der Waals surface area contributed by atoms with E-state index in [0.29, 0.717) is 5.92 Å². The minimum absolute atomic E-state index is 0.0895. The Labute approximate surface area is 109 Å². The van der Waals surface area contributed by atoms with Crippen molar-refractivity contribution in [3.63, 3.8) is 0 Å². The van der Waals surface area contributed by atoms with Gasteiger partial charge in [0.15, 0.2) is 0 Å². The second-order valence-electron chi connectivity index (χ2n) is 5.31. The molecule has 0 fully saturated rings. The predicted molar refractivity (Wildman–Crippen MR) is 72.8 cm³/mol. The van der Waals surface area contributed by atoms with E-state index in [9.17, 15) is 4.79 Å². The van der Waals surface area contributed by atoms with Crippen LogP contribution in [0.2, 0.25) is 0 Å². The third-order valence-corrected chi connectivity index (χ3v) is 4.04. The van der Waals surface area contributed by atoms with Gasteiger partial charge in [-0.15, -0.1) is 0 Å². The molecule has 0 radical (unpaired) electrons. The molecule has 0 bridgehead atoms. The van der Waals surface area contributed by atoms with Gasteiger partial charge in [-0.05, 0) is 22.6 Å². The van der Waals surface area contributed by atoms with Crippen LogP contribution in [0.15, 0.2) is 18.2 Å². The molecule has 0 saturated heterocycles. The molecule has 3 heteroatoms. The van der Waals surface area contributed by atoms with Crippen molar-refractivity contribution < 1.29 is 4.79 Å². The second-order valence-corrected chi connectivity index (χ2v) is 5.31. The Morgan fingerprint density at radius 3 is 2.67 bits per heavy atom. The fourth-order valence-corrected chi connectivity index (χ4v) is 2.43. The monoisotopic (exact) mass is 246 g/mol. The van der Waals surface area contributed by atoms with E-state index >= 15 is 0 Å². The maximum absolute atomic E-state index is 11.4. The molecule has 2 unspecified atom stereocenters. The van der Waals surface area contributed by atoms with Crippen molar-refractivity contribution in [2.24, 2.45) is 11.7 Å². The minimum atomic E-state index is 0.0895. The summed E-state index contributed by atoms with van der Waals surface area (Å²) < 4.78 is 0. The van der Waals surface area contributed by atoms with Gasteiger partial charge in [0, 0.05) is 26.1 Å². The zero-order valence-electron chi connectivity index (χ0n) is 11.4. The van der Waals surface area contributed by atoms with E-state index in [1.807, 2.05) is 4.90 Å². The average molecular weight is 246 g/mol. The minimum Gasteiger partial charge on any atom is -0.334 e. The third kappa shape index (κ3) is 2.41. The zero-order chi connectivity index (χ0) is 13.3. The van der Waals surface area contributed by atoms with E-state index in [-0.39, 0.29) is 11.9 Å². The van der Waals surface area contributed by atoms with Gasteiger partial charge in [-0.1, -0.05) is 38.5 Å². The molecule has 2 rings (SSSR count). The van der Waals surface area contributed by atoms with Crippen LogP contribution >= 0.6 is 0 Å². The molecule has 98 valence electrons. The lowest BCUT2D eigenvalue weighted by Crippen LogP contribution is -2.21. The SMILES string of the molecule is CCC(C)C(N)c1ccc2c(c1)CN(C(C)=O)C2. The molecule has 0 saturated carbocycles. The number of benzene rings is 1. The van der Waals surface area contributed by atoms with Gasteiger partial charge in [-0.2, -0.15) is 0 Å². The predicted octanol–water partition coefficient (Wildman–Crippen LogP) is 2.59. The highest BCUT2D eigenvalue weighted by atomic mass is 16.2. The summed E-state index contributed by atoms with van der Waals surface area (Å²) in [7, 11) is 0. The van der Waals surface area contributed by atoms with Crippen LogP contribution in [-0.4, -0.2) is 10.8 Å². The first-order valence-corrected chi connectivity index (χ1v) is 6.65. The van der Waals surface area contributed by atoms with E-state index in [1.165, 1.54) is 16.7 Å². The van der Waals surface area contributed by atoms with Gasteiger partial charge in [0.25, 0.3) is 0 Å². The van der Waals surface area contributed by atoms with E-state index < -0.39 is 0 Å². The van der Waals surface area contributed by atoms with Gasteiger partial charge in [0.1, 0.15) is 0 Å². The first-order chi connectivity index (χ1) is 8.52. The number of amides is 1. The molecule has 1 aliphatic heterocycles. The number of hydrogen-bond donors (Lipinski definition) is 1. The van der Waals surface area contributed by atoms with Crippen LogP contribution in [0, 0.1) is 5.92 Å². The maximum atomic E-state index is 11.4. The Hall–Kier alpha value is -1.35. The fraction of sp³-hybridized carbons (Fsp3) is 0.533. The van der Waals surface area contributed by atoms with Crippen LogP contribution in [0.4, 0.5) is 0 Å².